The number of fused-ring (bicyclic) bond motifs is 3. The molecule has 0 aromatic heterocycles. The Balaban J connectivity index is 1.33. The third-order valence-electron chi connectivity index (χ3n) is 7.29. The minimum absolute atomic E-state index is 0.0434. The van der Waals surface area contributed by atoms with E-state index in [-0.39, 0.29) is 17.3 Å². The predicted molar refractivity (Wildman–Crippen MR) is 145 cm³/mol. The van der Waals surface area contributed by atoms with E-state index < -0.39 is 15.4 Å². The van der Waals surface area contributed by atoms with Gasteiger partial charge in [-0.05, 0) is 86.2 Å². The van der Waals surface area contributed by atoms with Crippen molar-refractivity contribution >= 4 is 44.6 Å². The molecular weight excluding hydrogens is 494 g/mol. The summed E-state index contributed by atoms with van der Waals surface area (Å²) in [6, 6.07) is 19.2. The Bertz CT molecular complexity index is 1450. The van der Waals surface area contributed by atoms with Crippen LogP contribution in [-0.4, -0.2) is 34.5 Å². The first-order valence-corrected chi connectivity index (χ1v) is 14.0. The molecule has 2 heterocycles. The van der Waals surface area contributed by atoms with E-state index in [0.29, 0.717) is 18.0 Å². The number of halogens is 1. The number of hydrogen-bond donors (Lipinski definition) is 1. The van der Waals surface area contributed by atoms with Crippen LogP contribution in [0.5, 0.6) is 0 Å². The monoisotopic (exact) mass is 523 g/mol. The lowest BCUT2D eigenvalue weighted by Gasteiger charge is -2.27. The first-order valence-electron chi connectivity index (χ1n) is 12.2. The third kappa shape index (κ3) is 4.29. The predicted octanol–water partition coefficient (Wildman–Crippen LogP) is 5.20. The highest BCUT2D eigenvalue weighted by atomic mass is 35.5. The molecule has 0 atom stereocenters. The van der Waals surface area contributed by atoms with Gasteiger partial charge in [-0.25, -0.2) is 13.1 Å². The van der Waals surface area contributed by atoms with Gasteiger partial charge in [0.1, 0.15) is 0 Å². The quantitative estimate of drug-likeness (QED) is 0.451. The van der Waals surface area contributed by atoms with Gasteiger partial charge in [0, 0.05) is 42.2 Å². The van der Waals surface area contributed by atoms with Crippen molar-refractivity contribution in [2.75, 3.05) is 29.9 Å². The Kier molecular flexibility index (Phi) is 6.35. The third-order valence-corrected chi connectivity index (χ3v) is 8.98. The molecule has 1 N–H and O–H groups in total. The second-order valence-electron chi connectivity index (χ2n) is 9.97. The maximum Gasteiger partial charge on any atom is 0.240 e. The number of rotatable bonds is 6. The number of para-hydroxylation sites is 1. The molecule has 0 fully saturated rings. The first kappa shape index (κ1) is 24.8. The highest BCUT2D eigenvalue weighted by molar-refractivity contribution is 7.89. The Morgan fingerprint density at radius 3 is 2.44 bits per heavy atom. The van der Waals surface area contributed by atoms with Crippen molar-refractivity contribution in [2.24, 2.45) is 0 Å². The lowest BCUT2D eigenvalue weighted by Crippen LogP contribution is -2.33. The van der Waals surface area contributed by atoms with Crippen LogP contribution in [0.4, 0.5) is 17.1 Å². The molecule has 0 bridgehead atoms. The number of aryl methyl sites for hydroxylation is 2. The smallest absolute Gasteiger partial charge is 0.240 e. The molecular formula is C28H30ClN3O3S. The number of carbonyl (C=O) groups excluding carboxylic acids is 1. The molecule has 3 aromatic carbocycles. The number of hydrogen-bond acceptors (Lipinski definition) is 4. The maximum absolute atomic E-state index is 13.1. The van der Waals surface area contributed by atoms with Crippen LogP contribution in [0.15, 0.2) is 65.6 Å². The van der Waals surface area contributed by atoms with Crippen LogP contribution in [0.1, 0.15) is 37.0 Å². The fourth-order valence-corrected chi connectivity index (χ4v) is 6.54. The Labute approximate surface area is 217 Å². The molecule has 0 aliphatic carbocycles. The van der Waals surface area contributed by atoms with Gasteiger partial charge in [-0.15, -0.1) is 0 Å². The van der Waals surface area contributed by atoms with Crippen LogP contribution < -0.4 is 14.5 Å². The van der Waals surface area contributed by atoms with Gasteiger partial charge in [-0.2, -0.15) is 0 Å². The largest absolute Gasteiger partial charge is 0.341 e. The number of likely N-dealkylation sites (N-methyl/N-ethyl adjacent to an activating group) is 1. The van der Waals surface area contributed by atoms with Crippen LogP contribution in [0.25, 0.3) is 0 Å². The zero-order valence-corrected chi connectivity index (χ0v) is 22.3. The summed E-state index contributed by atoms with van der Waals surface area (Å²) in [5.41, 5.74) is 5.43. The molecule has 36 heavy (non-hydrogen) atoms. The molecule has 0 spiro atoms. The summed E-state index contributed by atoms with van der Waals surface area (Å²) in [5.74, 6) is -0.0434. The van der Waals surface area contributed by atoms with Crippen molar-refractivity contribution < 1.29 is 13.2 Å². The number of sulfonamides is 1. The zero-order chi connectivity index (χ0) is 25.7. The number of amides is 1. The lowest BCUT2D eigenvalue weighted by molar-refractivity contribution is -0.121. The van der Waals surface area contributed by atoms with E-state index in [1.54, 1.807) is 30.1 Å². The molecule has 0 saturated carbocycles. The summed E-state index contributed by atoms with van der Waals surface area (Å²) in [6.45, 7) is 4.58. The highest BCUT2D eigenvalue weighted by Crippen LogP contribution is 2.42. The standard InChI is InChI=1S/C28H30ClN3O3S/c1-28(2)23-18-22(13-14-25(23)31(3)27(28)33)36(34,35)30-15-6-16-32-24-8-5-4-7-19(24)9-10-20-11-12-21(29)17-26(20)32/h4-5,7-8,11-14,17-18,30H,6,9-10,15-16H2,1-3H3. The molecule has 2 aliphatic rings. The second kappa shape index (κ2) is 9.21. The van der Waals surface area contributed by atoms with Gasteiger partial charge in [0.05, 0.1) is 10.3 Å². The van der Waals surface area contributed by atoms with Crippen molar-refractivity contribution in [3.63, 3.8) is 0 Å². The van der Waals surface area contributed by atoms with E-state index in [9.17, 15) is 13.2 Å². The van der Waals surface area contributed by atoms with Gasteiger partial charge in [0.15, 0.2) is 0 Å². The number of nitrogens with zero attached hydrogens (tertiary/aromatic N) is 2. The summed E-state index contributed by atoms with van der Waals surface area (Å²) < 4.78 is 29.0. The van der Waals surface area contributed by atoms with E-state index in [1.165, 1.54) is 11.1 Å². The summed E-state index contributed by atoms with van der Waals surface area (Å²) in [6.07, 6.45) is 2.48. The molecule has 8 heteroatoms. The second-order valence-corrected chi connectivity index (χ2v) is 12.2. The van der Waals surface area contributed by atoms with Crippen molar-refractivity contribution in [3.05, 3.63) is 82.4 Å². The molecule has 6 nitrogen and oxygen atoms in total. The molecule has 0 saturated heterocycles. The fraction of sp³-hybridized carbons (Fsp3) is 0.321. The van der Waals surface area contributed by atoms with E-state index in [1.807, 2.05) is 32.0 Å². The van der Waals surface area contributed by atoms with Gasteiger partial charge >= 0.3 is 0 Å². The Morgan fingerprint density at radius 2 is 1.67 bits per heavy atom. The topological polar surface area (TPSA) is 69.7 Å². The van der Waals surface area contributed by atoms with Gasteiger partial charge in [0.25, 0.3) is 0 Å². The fourth-order valence-electron chi connectivity index (χ4n) is 5.27. The van der Waals surface area contributed by atoms with Gasteiger partial charge < -0.3 is 9.80 Å². The minimum Gasteiger partial charge on any atom is -0.341 e. The number of benzene rings is 3. The average molecular weight is 524 g/mol. The van der Waals surface area contributed by atoms with Crippen molar-refractivity contribution in [1.29, 1.82) is 0 Å². The van der Waals surface area contributed by atoms with E-state index in [4.69, 9.17) is 11.6 Å². The van der Waals surface area contributed by atoms with Crippen molar-refractivity contribution in [1.82, 2.24) is 4.72 Å². The summed E-state index contributed by atoms with van der Waals surface area (Å²) in [7, 11) is -2.01. The van der Waals surface area contributed by atoms with Crippen molar-refractivity contribution in [2.45, 2.75) is 43.4 Å². The van der Waals surface area contributed by atoms with Crippen LogP contribution in [0.2, 0.25) is 5.02 Å². The van der Waals surface area contributed by atoms with Gasteiger partial charge in [-0.1, -0.05) is 35.9 Å². The highest BCUT2D eigenvalue weighted by Gasteiger charge is 2.42. The summed E-state index contributed by atoms with van der Waals surface area (Å²) >= 11 is 6.35. The van der Waals surface area contributed by atoms with Crippen molar-refractivity contribution in [3.8, 4) is 0 Å². The number of carbonyl (C=O) groups is 1. The first-order chi connectivity index (χ1) is 17.1. The lowest BCUT2D eigenvalue weighted by atomic mass is 9.86. The van der Waals surface area contributed by atoms with E-state index in [0.717, 1.165) is 35.5 Å². The number of nitrogens with one attached hydrogen (secondary N) is 1. The zero-order valence-electron chi connectivity index (χ0n) is 20.7. The Morgan fingerprint density at radius 1 is 0.944 bits per heavy atom. The van der Waals surface area contributed by atoms with Crippen LogP contribution >= 0.6 is 11.6 Å². The normalized spacial score (nSPS) is 16.4. The average Bonchev–Trinajstić information content (AvgIpc) is 2.96. The van der Waals surface area contributed by atoms with E-state index in [2.05, 4.69) is 33.9 Å². The molecule has 1 amide bonds. The number of anilines is 3. The van der Waals surface area contributed by atoms with Crippen LogP contribution in [0.3, 0.4) is 0 Å². The molecule has 2 aliphatic heterocycles. The molecule has 5 rings (SSSR count). The van der Waals surface area contributed by atoms with Gasteiger partial charge in [0.2, 0.25) is 15.9 Å². The molecule has 188 valence electrons. The van der Waals surface area contributed by atoms with Gasteiger partial charge in [-0.3, -0.25) is 4.79 Å². The maximum atomic E-state index is 13.1. The van der Waals surface area contributed by atoms with Crippen LogP contribution in [-0.2, 0) is 33.1 Å². The summed E-state index contributed by atoms with van der Waals surface area (Å²) in [5, 5.41) is 0.683. The SMILES string of the molecule is CN1C(=O)C(C)(C)c2cc(S(=O)(=O)NCCCN3c4ccccc4CCc4ccc(Cl)cc43)ccc21. The Hall–Kier alpha value is -2.87. The molecule has 3 aromatic rings. The van der Waals surface area contributed by atoms with E-state index >= 15 is 0 Å². The minimum atomic E-state index is -3.72. The summed E-state index contributed by atoms with van der Waals surface area (Å²) in [4.78, 5) is 16.6. The molecule has 0 unspecified atom stereocenters. The van der Waals surface area contributed by atoms with Crippen LogP contribution in [0, 0.1) is 0 Å². The molecule has 0 radical (unpaired) electrons.